The highest BCUT2D eigenvalue weighted by molar-refractivity contribution is 7.92. The van der Waals surface area contributed by atoms with Crippen LogP contribution in [0.25, 0.3) is 0 Å². The average Bonchev–Trinajstić information content (AvgIpc) is 2.56. The van der Waals surface area contributed by atoms with Crippen LogP contribution in [0.2, 0.25) is 0 Å². The second-order valence-electron chi connectivity index (χ2n) is 4.38. The molecule has 0 spiro atoms. The van der Waals surface area contributed by atoms with E-state index in [1.165, 1.54) is 29.9 Å². The molecule has 0 fully saturated rings. The van der Waals surface area contributed by atoms with Crippen LogP contribution in [-0.2, 0) is 10.0 Å². The van der Waals surface area contributed by atoms with Crippen LogP contribution < -0.4 is 9.04 Å². The third-order valence-electron chi connectivity index (χ3n) is 2.99. The standard InChI is InChI=1S/C15H15N3O3S/c1-21-14-6-2-5-13(11-14)18(10-4-8-16)22(19,20)15-7-3-9-17-12-15/h2-3,5-7,9,11-12H,4,10H2,1H3. The quantitative estimate of drug-likeness (QED) is 0.815. The number of nitrogens with zero attached hydrogens (tertiary/aromatic N) is 3. The van der Waals surface area contributed by atoms with Gasteiger partial charge in [-0.3, -0.25) is 9.29 Å². The number of hydrogen-bond donors (Lipinski definition) is 0. The summed E-state index contributed by atoms with van der Waals surface area (Å²) in [7, 11) is -2.28. The molecule has 1 heterocycles. The fraction of sp³-hybridized carbons (Fsp3) is 0.200. The van der Waals surface area contributed by atoms with Crippen molar-refractivity contribution in [2.24, 2.45) is 0 Å². The van der Waals surface area contributed by atoms with E-state index >= 15 is 0 Å². The van der Waals surface area contributed by atoms with Crippen molar-refractivity contribution in [1.82, 2.24) is 4.98 Å². The van der Waals surface area contributed by atoms with E-state index in [9.17, 15) is 8.42 Å². The Labute approximate surface area is 129 Å². The Morgan fingerprint density at radius 1 is 1.32 bits per heavy atom. The van der Waals surface area contributed by atoms with Gasteiger partial charge in [-0.1, -0.05) is 6.07 Å². The van der Waals surface area contributed by atoms with Crippen molar-refractivity contribution in [3.05, 3.63) is 48.8 Å². The Morgan fingerprint density at radius 2 is 2.14 bits per heavy atom. The fourth-order valence-corrected chi connectivity index (χ4v) is 3.35. The third kappa shape index (κ3) is 3.35. The van der Waals surface area contributed by atoms with Gasteiger partial charge in [-0.15, -0.1) is 0 Å². The van der Waals surface area contributed by atoms with Gasteiger partial charge in [0.1, 0.15) is 10.6 Å². The minimum atomic E-state index is -3.79. The maximum atomic E-state index is 12.8. The highest BCUT2D eigenvalue weighted by Crippen LogP contribution is 2.26. The van der Waals surface area contributed by atoms with E-state index < -0.39 is 10.0 Å². The number of anilines is 1. The van der Waals surface area contributed by atoms with Crippen LogP contribution in [0.5, 0.6) is 5.75 Å². The molecule has 2 rings (SSSR count). The lowest BCUT2D eigenvalue weighted by molar-refractivity contribution is 0.415. The Kier molecular flexibility index (Phi) is 4.96. The lowest BCUT2D eigenvalue weighted by Crippen LogP contribution is -2.32. The summed E-state index contributed by atoms with van der Waals surface area (Å²) in [6.07, 6.45) is 2.87. The summed E-state index contributed by atoms with van der Waals surface area (Å²) in [4.78, 5) is 3.92. The first-order valence-corrected chi connectivity index (χ1v) is 7.97. The Balaban J connectivity index is 2.48. The molecule has 0 radical (unpaired) electrons. The first kappa shape index (κ1) is 15.8. The smallest absolute Gasteiger partial charge is 0.265 e. The number of benzene rings is 1. The zero-order valence-electron chi connectivity index (χ0n) is 12.0. The number of hydrogen-bond acceptors (Lipinski definition) is 5. The molecule has 1 aromatic heterocycles. The lowest BCUT2D eigenvalue weighted by atomic mass is 10.3. The molecule has 0 atom stereocenters. The van der Waals surface area contributed by atoms with Crippen molar-refractivity contribution in [1.29, 1.82) is 5.26 Å². The summed E-state index contributed by atoms with van der Waals surface area (Å²) in [5.74, 6) is 0.542. The monoisotopic (exact) mass is 317 g/mol. The maximum absolute atomic E-state index is 12.8. The van der Waals surface area contributed by atoms with E-state index in [0.29, 0.717) is 11.4 Å². The molecule has 0 saturated carbocycles. The zero-order valence-corrected chi connectivity index (χ0v) is 12.8. The van der Waals surface area contributed by atoms with Crippen LogP contribution in [0, 0.1) is 11.3 Å². The molecule has 7 heteroatoms. The second kappa shape index (κ2) is 6.91. The minimum Gasteiger partial charge on any atom is -0.497 e. The second-order valence-corrected chi connectivity index (χ2v) is 6.24. The number of sulfonamides is 1. The van der Waals surface area contributed by atoms with Crippen LogP contribution in [0.3, 0.4) is 0 Å². The van der Waals surface area contributed by atoms with E-state index in [1.807, 2.05) is 6.07 Å². The van der Waals surface area contributed by atoms with Crippen molar-refractivity contribution in [3.8, 4) is 11.8 Å². The number of nitriles is 1. The van der Waals surface area contributed by atoms with Gasteiger partial charge in [-0.05, 0) is 24.3 Å². The third-order valence-corrected chi connectivity index (χ3v) is 4.80. The SMILES string of the molecule is COc1cccc(N(CCC#N)S(=O)(=O)c2cccnc2)c1. The van der Waals surface area contributed by atoms with Crippen molar-refractivity contribution in [3.63, 3.8) is 0 Å². The van der Waals surface area contributed by atoms with E-state index in [0.717, 1.165) is 0 Å². The normalized spacial score (nSPS) is 10.7. The molecule has 6 nitrogen and oxygen atoms in total. The van der Waals surface area contributed by atoms with Crippen LogP contribution in [0.15, 0.2) is 53.7 Å². The van der Waals surface area contributed by atoms with Crippen molar-refractivity contribution >= 4 is 15.7 Å². The predicted octanol–water partition coefficient (Wildman–Crippen LogP) is 2.20. The molecule has 114 valence electrons. The summed E-state index contributed by atoms with van der Waals surface area (Å²) >= 11 is 0. The number of aromatic nitrogens is 1. The molecule has 0 aliphatic rings. The Morgan fingerprint density at radius 3 is 2.77 bits per heavy atom. The Bertz CT molecular complexity index is 770. The molecule has 0 bridgehead atoms. The topological polar surface area (TPSA) is 83.3 Å². The van der Waals surface area contributed by atoms with Crippen LogP contribution in [0.1, 0.15) is 6.42 Å². The van der Waals surface area contributed by atoms with Crippen LogP contribution in [-0.4, -0.2) is 27.1 Å². The number of methoxy groups -OCH3 is 1. The van der Waals surface area contributed by atoms with Gasteiger partial charge in [-0.25, -0.2) is 8.42 Å². The van der Waals surface area contributed by atoms with Gasteiger partial charge in [0.15, 0.2) is 0 Å². The van der Waals surface area contributed by atoms with Crippen molar-refractivity contribution in [2.75, 3.05) is 18.0 Å². The zero-order chi connectivity index (χ0) is 16.0. The van der Waals surface area contributed by atoms with Gasteiger partial charge >= 0.3 is 0 Å². The molecule has 0 aliphatic carbocycles. The van der Waals surface area contributed by atoms with Gasteiger partial charge in [0.2, 0.25) is 0 Å². The summed E-state index contributed by atoms with van der Waals surface area (Å²) in [6, 6.07) is 11.7. The molecule has 0 amide bonds. The van der Waals surface area contributed by atoms with Crippen LogP contribution in [0.4, 0.5) is 5.69 Å². The summed E-state index contributed by atoms with van der Waals surface area (Å²) in [6.45, 7) is 0.0564. The van der Waals surface area contributed by atoms with Gasteiger partial charge in [0.05, 0.1) is 25.3 Å². The molecular formula is C15H15N3O3S. The lowest BCUT2D eigenvalue weighted by Gasteiger charge is -2.23. The highest BCUT2D eigenvalue weighted by Gasteiger charge is 2.25. The highest BCUT2D eigenvalue weighted by atomic mass is 32.2. The summed E-state index contributed by atoms with van der Waals surface area (Å²) in [5, 5.41) is 8.79. The number of pyridine rings is 1. The molecular weight excluding hydrogens is 302 g/mol. The van der Waals surface area contributed by atoms with Crippen LogP contribution >= 0.6 is 0 Å². The first-order chi connectivity index (χ1) is 10.6. The molecule has 0 aliphatic heterocycles. The average molecular weight is 317 g/mol. The van der Waals surface area contributed by atoms with Gasteiger partial charge < -0.3 is 4.74 Å². The summed E-state index contributed by atoms with van der Waals surface area (Å²) < 4.78 is 31.9. The van der Waals surface area contributed by atoms with E-state index in [1.54, 1.807) is 30.3 Å². The molecule has 0 unspecified atom stereocenters. The van der Waals surface area contributed by atoms with E-state index in [-0.39, 0.29) is 17.9 Å². The van der Waals surface area contributed by atoms with Crippen molar-refractivity contribution < 1.29 is 13.2 Å². The molecule has 2 aromatic rings. The minimum absolute atomic E-state index is 0.0564. The van der Waals surface area contributed by atoms with E-state index in [2.05, 4.69) is 4.98 Å². The van der Waals surface area contributed by atoms with E-state index in [4.69, 9.17) is 10.00 Å². The Hall–Kier alpha value is -2.59. The molecule has 0 saturated heterocycles. The molecule has 1 aromatic carbocycles. The predicted molar refractivity (Wildman–Crippen MR) is 82.0 cm³/mol. The number of rotatable bonds is 6. The maximum Gasteiger partial charge on any atom is 0.265 e. The van der Waals surface area contributed by atoms with Gasteiger partial charge in [0.25, 0.3) is 10.0 Å². The number of ether oxygens (including phenoxy) is 1. The molecule has 22 heavy (non-hydrogen) atoms. The summed E-state index contributed by atoms with van der Waals surface area (Å²) in [5.41, 5.74) is 0.443. The largest absolute Gasteiger partial charge is 0.497 e. The van der Waals surface area contributed by atoms with Gasteiger partial charge in [0, 0.05) is 25.0 Å². The fourth-order valence-electron chi connectivity index (χ4n) is 1.93. The first-order valence-electron chi connectivity index (χ1n) is 6.53. The van der Waals surface area contributed by atoms with Crippen molar-refractivity contribution in [2.45, 2.75) is 11.3 Å². The van der Waals surface area contributed by atoms with Gasteiger partial charge in [-0.2, -0.15) is 5.26 Å². The molecule has 0 N–H and O–H groups in total.